The summed E-state index contributed by atoms with van der Waals surface area (Å²) in [7, 11) is 0. The van der Waals surface area contributed by atoms with Gasteiger partial charge < -0.3 is 10.1 Å². The first-order valence-electron chi connectivity index (χ1n) is 5.65. The summed E-state index contributed by atoms with van der Waals surface area (Å²) in [6, 6.07) is 7.28. The quantitative estimate of drug-likeness (QED) is 0.752. The molecule has 0 amide bonds. The zero-order valence-electron chi connectivity index (χ0n) is 9.34. The van der Waals surface area contributed by atoms with E-state index >= 15 is 0 Å². The Morgan fingerprint density at radius 1 is 1.33 bits per heavy atom. The minimum atomic E-state index is -0.0247. The second-order valence-corrected chi connectivity index (χ2v) is 4.89. The van der Waals surface area contributed by atoms with Crippen molar-refractivity contribution in [1.82, 2.24) is 5.32 Å². The van der Waals surface area contributed by atoms with Crippen LogP contribution in [-0.4, -0.2) is 19.2 Å². The number of benzene rings is 1. The van der Waals surface area contributed by atoms with E-state index in [1.54, 1.807) is 0 Å². The van der Waals surface area contributed by atoms with Gasteiger partial charge in [-0.05, 0) is 37.0 Å². The minimum absolute atomic E-state index is 0.0247. The highest BCUT2D eigenvalue weighted by Gasteiger charge is 2.47. The van der Waals surface area contributed by atoms with Crippen molar-refractivity contribution in [3.05, 3.63) is 34.9 Å². The third kappa shape index (κ3) is 1.32. The Morgan fingerprint density at radius 2 is 2.20 bits per heavy atom. The van der Waals surface area contributed by atoms with E-state index in [1.165, 1.54) is 16.7 Å². The van der Waals surface area contributed by atoms with Crippen molar-refractivity contribution in [2.24, 2.45) is 0 Å². The van der Waals surface area contributed by atoms with Crippen LogP contribution < -0.4 is 5.32 Å². The molecule has 0 aliphatic carbocycles. The predicted molar refractivity (Wildman–Crippen MR) is 60.0 cm³/mol. The molecule has 2 atom stereocenters. The van der Waals surface area contributed by atoms with Gasteiger partial charge in [-0.2, -0.15) is 0 Å². The van der Waals surface area contributed by atoms with Crippen molar-refractivity contribution in [1.29, 1.82) is 0 Å². The number of ether oxygens (including phenoxy) is 1. The molecule has 0 unspecified atom stereocenters. The lowest BCUT2D eigenvalue weighted by molar-refractivity contribution is -0.00962. The van der Waals surface area contributed by atoms with Crippen LogP contribution >= 0.6 is 0 Å². The maximum absolute atomic E-state index is 5.96. The van der Waals surface area contributed by atoms with E-state index in [2.05, 4.69) is 37.4 Å². The fraction of sp³-hybridized carbons (Fsp3) is 0.538. The summed E-state index contributed by atoms with van der Waals surface area (Å²) in [6.45, 7) is 6.17. The maximum atomic E-state index is 5.96. The van der Waals surface area contributed by atoms with Gasteiger partial charge in [0, 0.05) is 12.6 Å². The van der Waals surface area contributed by atoms with Gasteiger partial charge in [-0.3, -0.25) is 0 Å². The highest BCUT2D eigenvalue weighted by atomic mass is 16.5. The van der Waals surface area contributed by atoms with E-state index in [4.69, 9.17) is 4.74 Å². The third-order valence-corrected chi connectivity index (χ3v) is 3.85. The van der Waals surface area contributed by atoms with E-state index in [0.717, 1.165) is 19.6 Å². The van der Waals surface area contributed by atoms with Crippen LogP contribution in [-0.2, 0) is 10.3 Å². The number of nitrogens with one attached hydrogen (secondary N) is 1. The van der Waals surface area contributed by atoms with Gasteiger partial charge in [0.05, 0.1) is 6.61 Å². The molecular formula is C13H17NO. The van der Waals surface area contributed by atoms with Gasteiger partial charge in [-0.1, -0.05) is 18.2 Å². The van der Waals surface area contributed by atoms with Gasteiger partial charge in [-0.25, -0.2) is 0 Å². The van der Waals surface area contributed by atoms with Gasteiger partial charge in [-0.15, -0.1) is 0 Å². The molecule has 80 valence electrons. The molecule has 0 aromatic heterocycles. The van der Waals surface area contributed by atoms with Crippen LogP contribution in [0, 0.1) is 13.8 Å². The molecule has 2 saturated heterocycles. The molecule has 2 heterocycles. The molecule has 2 fully saturated rings. The molecule has 0 spiro atoms. The molecule has 0 saturated carbocycles. The topological polar surface area (TPSA) is 21.3 Å². The normalized spacial score (nSPS) is 33.6. The average molecular weight is 203 g/mol. The first-order chi connectivity index (χ1) is 7.20. The van der Waals surface area contributed by atoms with Gasteiger partial charge in [0.15, 0.2) is 0 Å². The molecule has 15 heavy (non-hydrogen) atoms. The molecule has 2 heteroatoms. The smallest absolute Gasteiger partial charge is 0.107 e. The van der Waals surface area contributed by atoms with Crippen LogP contribution in [0.15, 0.2) is 18.2 Å². The Kier molecular flexibility index (Phi) is 1.91. The summed E-state index contributed by atoms with van der Waals surface area (Å²) < 4.78 is 5.96. The first-order valence-corrected chi connectivity index (χ1v) is 5.65. The van der Waals surface area contributed by atoms with E-state index in [1.807, 2.05) is 0 Å². The fourth-order valence-corrected chi connectivity index (χ4v) is 2.67. The summed E-state index contributed by atoms with van der Waals surface area (Å²) in [5.41, 5.74) is 4.04. The molecule has 1 aromatic carbocycles. The SMILES string of the molecule is Cc1ccc([C@@]23CN[C@@H](CO2)C3)cc1C. The minimum Gasteiger partial charge on any atom is -0.367 e. The van der Waals surface area contributed by atoms with Crippen molar-refractivity contribution in [3.63, 3.8) is 0 Å². The lowest BCUT2D eigenvalue weighted by atomic mass is 9.90. The Hall–Kier alpha value is -0.860. The van der Waals surface area contributed by atoms with Crippen molar-refractivity contribution in [2.45, 2.75) is 31.9 Å². The Morgan fingerprint density at radius 3 is 2.73 bits per heavy atom. The predicted octanol–water partition coefficient (Wildman–Crippen LogP) is 1.89. The average Bonchev–Trinajstić information content (AvgIpc) is 2.83. The lowest BCUT2D eigenvalue weighted by Gasteiger charge is -2.27. The van der Waals surface area contributed by atoms with Crippen LogP contribution in [0.1, 0.15) is 23.1 Å². The van der Waals surface area contributed by atoms with E-state index < -0.39 is 0 Å². The van der Waals surface area contributed by atoms with E-state index in [-0.39, 0.29) is 5.60 Å². The van der Waals surface area contributed by atoms with E-state index in [9.17, 15) is 0 Å². The van der Waals surface area contributed by atoms with Crippen LogP contribution in [0.2, 0.25) is 0 Å². The number of rotatable bonds is 1. The number of hydrogen-bond donors (Lipinski definition) is 1. The molecule has 3 rings (SSSR count). The summed E-state index contributed by atoms with van der Waals surface area (Å²) >= 11 is 0. The molecule has 2 aliphatic heterocycles. The monoisotopic (exact) mass is 203 g/mol. The summed E-state index contributed by atoms with van der Waals surface area (Å²) in [5.74, 6) is 0. The van der Waals surface area contributed by atoms with Crippen LogP contribution in [0.5, 0.6) is 0 Å². The Bertz CT molecular complexity index is 392. The Balaban J connectivity index is 2.02. The first kappa shape index (κ1) is 9.37. The van der Waals surface area contributed by atoms with Crippen LogP contribution in [0.25, 0.3) is 0 Å². The number of aryl methyl sites for hydroxylation is 2. The third-order valence-electron chi connectivity index (χ3n) is 3.85. The second-order valence-electron chi connectivity index (χ2n) is 4.89. The summed E-state index contributed by atoms with van der Waals surface area (Å²) in [5, 5.41) is 3.50. The van der Waals surface area contributed by atoms with Crippen LogP contribution in [0.3, 0.4) is 0 Å². The molecule has 0 radical (unpaired) electrons. The van der Waals surface area contributed by atoms with Gasteiger partial charge in [0.25, 0.3) is 0 Å². The highest BCUT2D eigenvalue weighted by Crippen LogP contribution is 2.40. The van der Waals surface area contributed by atoms with Crippen LogP contribution in [0.4, 0.5) is 0 Å². The highest BCUT2D eigenvalue weighted by molar-refractivity contribution is 5.35. The number of hydrogen-bond acceptors (Lipinski definition) is 2. The number of morpholine rings is 1. The number of fused-ring (bicyclic) bond motifs is 2. The van der Waals surface area contributed by atoms with Crippen molar-refractivity contribution >= 4 is 0 Å². The Labute approximate surface area is 90.6 Å². The van der Waals surface area contributed by atoms with Gasteiger partial charge in [0.2, 0.25) is 0 Å². The lowest BCUT2D eigenvalue weighted by Crippen LogP contribution is -2.37. The zero-order chi connectivity index (χ0) is 10.5. The van der Waals surface area contributed by atoms with E-state index in [0.29, 0.717) is 6.04 Å². The summed E-state index contributed by atoms with van der Waals surface area (Å²) in [4.78, 5) is 0. The van der Waals surface area contributed by atoms with Crippen molar-refractivity contribution in [3.8, 4) is 0 Å². The maximum Gasteiger partial charge on any atom is 0.107 e. The largest absolute Gasteiger partial charge is 0.367 e. The van der Waals surface area contributed by atoms with Crippen molar-refractivity contribution < 1.29 is 4.74 Å². The zero-order valence-corrected chi connectivity index (χ0v) is 9.34. The van der Waals surface area contributed by atoms with Crippen molar-refractivity contribution in [2.75, 3.05) is 13.2 Å². The fourth-order valence-electron chi connectivity index (χ4n) is 2.67. The molecule has 2 nitrogen and oxygen atoms in total. The van der Waals surface area contributed by atoms with Gasteiger partial charge in [0.1, 0.15) is 5.60 Å². The molecule has 2 aliphatic rings. The summed E-state index contributed by atoms with van der Waals surface area (Å²) in [6.07, 6.45) is 1.13. The molecule has 2 bridgehead atoms. The second kappa shape index (κ2) is 3.06. The molecular weight excluding hydrogens is 186 g/mol. The van der Waals surface area contributed by atoms with Gasteiger partial charge >= 0.3 is 0 Å². The molecule has 1 aromatic rings. The standard InChI is InChI=1S/C13H17NO/c1-9-3-4-11(5-10(9)2)13-6-12(7-15-13)14-8-13/h3-5,12,14H,6-8H2,1-2H3/t12-,13-/m1/s1. The molecule has 1 N–H and O–H groups in total.